The van der Waals surface area contributed by atoms with Crippen LogP contribution in [-0.4, -0.2) is 39.8 Å². The molecule has 0 aromatic carbocycles. The van der Waals surface area contributed by atoms with E-state index in [1.54, 1.807) is 11.8 Å². The zero-order valence-electron chi connectivity index (χ0n) is 7.86. The number of nitrogens with two attached hydrogens (primary N) is 1. The van der Waals surface area contributed by atoms with E-state index >= 15 is 0 Å². The minimum absolute atomic E-state index is 0.179. The first-order valence-corrected chi connectivity index (χ1v) is 5.38. The van der Waals surface area contributed by atoms with Gasteiger partial charge in [-0.3, -0.25) is 5.41 Å². The molecule has 0 fully saturated rings. The molecule has 0 aliphatic carbocycles. The van der Waals surface area contributed by atoms with E-state index < -0.39 is 6.10 Å². The van der Waals surface area contributed by atoms with E-state index in [0.29, 0.717) is 12.2 Å². The summed E-state index contributed by atoms with van der Waals surface area (Å²) in [7, 11) is 0. The van der Waals surface area contributed by atoms with E-state index in [1.807, 2.05) is 6.92 Å². The van der Waals surface area contributed by atoms with E-state index in [1.165, 1.54) is 0 Å². The number of hydrogen-bond acceptors (Lipinski definition) is 4. The summed E-state index contributed by atoms with van der Waals surface area (Å²) in [6.45, 7) is 1.81. The lowest BCUT2D eigenvalue weighted by Crippen LogP contribution is -2.21. The van der Waals surface area contributed by atoms with Gasteiger partial charge in [-0.25, -0.2) is 0 Å². The second-order valence-electron chi connectivity index (χ2n) is 2.93. The molecule has 0 aromatic heterocycles. The van der Waals surface area contributed by atoms with E-state index in [0.717, 1.165) is 6.42 Å². The molecule has 4 nitrogen and oxygen atoms in total. The quantitative estimate of drug-likeness (QED) is 0.353. The first kappa shape index (κ1) is 12.7. The normalized spacial score (nSPS) is 15.3. The molecular weight excluding hydrogens is 188 g/mol. The van der Waals surface area contributed by atoms with Crippen molar-refractivity contribution in [2.75, 3.05) is 12.4 Å². The maximum absolute atomic E-state index is 9.08. The lowest BCUT2D eigenvalue weighted by atomic mass is 10.2. The molecule has 0 radical (unpaired) electrons. The molecule has 0 rings (SSSR count). The maximum Gasteiger partial charge on any atom is 0.0916 e. The molecule has 0 saturated carbocycles. The second kappa shape index (κ2) is 7.17. The second-order valence-corrected chi connectivity index (χ2v) is 4.26. The first-order chi connectivity index (χ1) is 6.10. The van der Waals surface area contributed by atoms with Crippen LogP contribution < -0.4 is 5.73 Å². The van der Waals surface area contributed by atoms with Gasteiger partial charge in [-0.15, -0.1) is 0 Å². The van der Waals surface area contributed by atoms with Gasteiger partial charge in [0.15, 0.2) is 0 Å². The molecule has 2 unspecified atom stereocenters. The molecular formula is C8H18N2O2S. The van der Waals surface area contributed by atoms with Gasteiger partial charge in [-0.1, -0.05) is 6.92 Å². The van der Waals surface area contributed by atoms with Crippen LogP contribution in [0, 0.1) is 5.41 Å². The Morgan fingerprint density at radius 2 is 2.23 bits per heavy atom. The van der Waals surface area contributed by atoms with Gasteiger partial charge < -0.3 is 15.9 Å². The molecule has 0 aromatic rings. The van der Waals surface area contributed by atoms with Crippen molar-refractivity contribution in [1.82, 2.24) is 0 Å². The average Bonchev–Trinajstić information content (AvgIpc) is 2.10. The molecule has 0 aliphatic rings. The lowest BCUT2D eigenvalue weighted by molar-refractivity contribution is 0.113. The highest BCUT2D eigenvalue weighted by molar-refractivity contribution is 7.99. The number of amidine groups is 1. The fraction of sp³-hybridized carbons (Fsp3) is 0.875. The third-order valence-electron chi connectivity index (χ3n) is 1.64. The van der Waals surface area contributed by atoms with Gasteiger partial charge >= 0.3 is 0 Å². The summed E-state index contributed by atoms with van der Waals surface area (Å²) >= 11 is 1.55. The summed E-state index contributed by atoms with van der Waals surface area (Å²) in [5.74, 6) is 0.681. The number of hydrogen-bond donors (Lipinski definition) is 4. The van der Waals surface area contributed by atoms with Crippen molar-refractivity contribution in [2.45, 2.75) is 31.1 Å². The van der Waals surface area contributed by atoms with Crippen molar-refractivity contribution in [2.24, 2.45) is 5.73 Å². The Morgan fingerprint density at radius 3 is 2.62 bits per heavy atom. The van der Waals surface area contributed by atoms with Crippen molar-refractivity contribution >= 4 is 17.6 Å². The summed E-state index contributed by atoms with van der Waals surface area (Å²) in [6, 6.07) is 0. The fourth-order valence-corrected chi connectivity index (χ4v) is 2.00. The van der Waals surface area contributed by atoms with Crippen molar-refractivity contribution in [3.05, 3.63) is 0 Å². The predicted octanol–water partition coefficient (Wildman–Crippen LogP) is 0.177. The summed E-state index contributed by atoms with van der Waals surface area (Å²) in [6.07, 6.45) is 0.813. The van der Waals surface area contributed by atoms with Gasteiger partial charge in [0.2, 0.25) is 0 Å². The zero-order valence-corrected chi connectivity index (χ0v) is 8.68. The molecule has 0 aliphatic heterocycles. The highest BCUT2D eigenvalue weighted by Crippen LogP contribution is 2.18. The van der Waals surface area contributed by atoms with Crippen LogP contribution in [0.1, 0.15) is 19.8 Å². The van der Waals surface area contributed by atoms with E-state index in [4.69, 9.17) is 21.4 Å². The van der Waals surface area contributed by atoms with Crippen LogP contribution in [0.5, 0.6) is 0 Å². The minimum atomic E-state index is -0.661. The van der Waals surface area contributed by atoms with Gasteiger partial charge in [-0.2, -0.15) is 11.8 Å². The summed E-state index contributed by atoms with van der Waals surface area (Å²) in [5.41, 5.74) is 5.27. The molecule has 13 heavy (non-hydrogen) atoms. The minimum Gasteiger partial charge on any atom is -0.394 e. The lowest BCUT2D eigenvalue weighted by Gasteiger charge is -2.15. The molecule has 0 saturated heterocycles. The fourth-order valence-electron chi connectivity index (χ4n) is 0.866. The molecule has 5 heteroatoms. The standard InChI is InChI=1S/C8H18N2O2S/c1-2-7(3-8(9)10)13-5-6(12)4-11/h6-7,11-12H,2-5H2,1H3,(H3,9,10). The zero-order chi connectivity index (χ0) is 10.3. The van der Waals surface area contributed by atoms with Crippen LogP contribution in [0.3, 0.4) is 0 Å². The number of rotatable bonds is 7. The Kier molecular flexibility index (Phi) is 7.03. The largest absolute Gasteiger partial charge is 0.394 e. The third kappa shape index (κ3) is 6.86. The van der Waals surface area contributed by atoms with Crippen molar-refractivity contribution < 1.29 is 10.2 Å². The molecule has 2 atom stereocenters. The SMILES string of the molecule is CCC(CC(=N)N)SCC(O)CO. The van der Waals surface area contributed by atoms with Gasteiger partial charge in [0.05, 0.1) is 18.5 Å². The van der Waals surface area contributed by atoms with Crippen LogP contribution in [0.2, 0.25) is 0 Å². The van der Waals surface area contributed by atoms with Crippen molar-refractivity contribution in [3.63, 3.8) is 0 Å². The van der Waals surface area contributed by atoms with E-state index in [-0.39, 0.29) is 17.7 Å². The van der Waals surface area contributed by atoms with E-state index in [9.17, 15) is 0 Å². The van der Waals surface area contributed by atoms with E-state index in [2.05, 4.69) is 0 Å². The van der Waals surface area contributed by atoms with Gasteiger partial charge in [0, 0.05) is 17.4 Å². The topological polar surface area (TPSA) is 90.3 Å². The maximum atomic E-state index is 9.08. The van der Waals surface area contributed by atoms with Gasteiger partial charge in [0.25, 0.3) is 0 Å². The number of aliphatic hydroxyl groups excluding tert-OH is 2. The summed E-state index contributed by atoms with van der Waals surface area (Å²) < 4.78 is 0. The smallest absolute Gasteiger partial charge is 0.0916 e. The Labute approximate surface area is 83.0 Å². The molecule has 0 spiro atoms. The number of nitrogens with one attached hydrogen (secondary N) is 1. The number of thioether (sulfide) groups is 1. The highest BCUT2D eigenvalue weighted by Gasteiger charge is 2.11. The molecule has 78 valence electrons. The Hall–Kier alpha value is -0.260. The Morgan fingerprint density at radius 1 is 1.62 bits per heavy atom. The molecule has 0 heterocycles. The van der Waals surface area contributed by atoms with Gasteiger partial charge in [-0.05, 0) is 6.42 Å². The van der Waals surface area contributed by atoms with Crippen LogP contribution >= 0.6 is 11.8 Å². The van der Waals surface area contributed by atoms with Crippen LogP contribution in [0.4, 0.5) is 0 Å². The average molecular weight is 206 g/mol. The monoisotopic (exact) mass is 206 g/mol. The highest BCUT2D eigenvalue weighted by atomic mass is 32.2. The van der Waals surface area contributed by atoms with Crippen LogP contribution in [-0.2, 0) is 0 Å². The van der Waals surface area contributed by atoms with Crippen LogP contribution in [0.15, 0.2) is 0 Å². The Bertz CT molecular complexity index is 155. The van der Waals surface area contributed by atoms with Crippen molar-refractivity contribution in [1.29, 1.82) is 5.41 Å². The predicted molar refractivity (Wildman–Crippen MR) is 56.2 cm³/mol. The summed E-state index contributed by atoms with van der Waals surface area (Å²) in [5, 5.41) is 25.0. The Balaban J connectivity index is 3.65. The molecule has 0 bridgehead atoms. The summed E-state index contributed by atoms with van der Waals surface area (Å²) in [4.78, 5) is 0. The molecule has 5 N–H and O–H groups in total. The first-order valence-electron chi connectivity index (χ1n) is 4.33. The third-order valence-corrected chi connectivity index (χ3v) is 3.19. The number of aliphatic hydroxyl groups is 2. The van der Waals surface area contributed by atoms with Crippen LogP contribution in [0.25, 0.3) is 0 Å². The van der Waals surface area contributed by atoms with Gasteiger partial charge in [0.1, 0.15) is 0 Å². The molecule has 0 amide bonds. The van der Waals surface area contributed by atoms with Crippen molar-refractivity contribution in [3.8, 4) is 0 Å².